The third-order valence-electron chi connectivity index (χ3n) is 2.45. The van der Waals surface area contributed by atoms with E-state index >= 15 is 0 Å². The highest BCUT2D eigenvalue weighted by atomic mass is 32.1. The lowest BCUT2D eigenvalue weighted by atomic mass is 9.99. The van der Waals surface area contributed by atoms with Gasteiger partial charge in [-0.05, 0) is 12.2 Å². The van der Waals surface area contributed by atoms with Crippen LogP contribution in [0, 0.1) is 0 Å². The van der Waals surface area contributed by atoms with E-state index < -0.39 is 37.3 Å². The first-order valence-electron chi connectivity index (χ1n) is 5.05. The molecular weight excluding hydrogens is 250 g/mol. The van der Waals surface area contributed by atoms with Crippen molar-refractivity contribution in [3.63, 3.8) is 0 Å². The highest BCUT2D eigenvalue weighted by Crippen LogP contribution is 2.19. The van der Waals surface area contributed by atoms with E-state index in [1.807, 2.05) is 0 Å². The first-order chi connectivity index (χ1) is 8.01. The van der Waals surface area contributed by atoms with Crippen molar-refractivity contribution >= 4 is 17.3 Å². The molecule has 0 aromatic rings. The summed E-state index contributed by atoms with van der Waals surface area (Å²) in [6.45, 7) is -0.473. The highest BCUT2D eigenvalue weighted by molar-refractivity contribution is 7.80. The van der Waals surface area contributed by atoms with Crippen molar-refractivity contribution in [1.82, 2.24) is 16.2 Å². The molecule has 17 heavy (non-hydrogen) atoms. The van der Waals surface area contributed by atoms with Gasteiger partial charge in [0, 0.05) is 7.05 Å². The number of hydrogen-bond donors (Lipinski definition) is 7. The van der Waals surface area contributed by atoms with Crippen LogP contribution in [0.1, 0.15) is 0 Å². The Bertz CT molecular complexity index is 268. The maximum atomic E-state index is 9.62. The molecule has 9 heteroatoms. The smallest absolute Gasteiger partial charge is 0.180 e. The van der Waals surface area contributed by atoms with Gasteiger partial charge in [-0.1, -0.05) is 0 Å². The molecule has 1 aliphatic rings. The Hall–Kier alpha value is -0.550. The number of rotatable bonds is 3. The Morgan fingerprint density at radius 1 is 1.24 bits per heavy atom. The maximum Gasteiger partial charge on any atom is 0.180 e. The standard InChI is InChI=1S/C8H17N3O5S/c1-9-8(17)11-10-7-6(15)5(14)4(13)3(2-12)16-7/h3-7,10,12-15H,2H2,1H3,(H2,9,11,17)/t3-,4-,5+,6-,7-/m1/s1. The molecule has 1 heterocycles. The van der Waals surface area contributed by atoms with E-state index in [-0.39, 0.29) is 5.11 Å². The van der Waals surface area contributed by atoms with Gasteiger partial charge in [-0.25, -0.2) is 5.43 Å². The predicted molar refractivity (Wildman–Crippen MR) is 61.7 cm³/mol. The first kappa shape index (κ1) is 14.5. The lowest BCUT2D eigenvalue weighted by molar-refractivity contribution is -0.238. The Morgan fingerprint density at radius 2 is 1.88 bits per heavy atom. The van der Waals surface area contributed by atoms with Gasteiger partial charge in [0.05, 0.1) is 6.61 Å². The minimum Gasteiger partial charge on any atom is -0.394 e. The van der Waals surface area contributed by atoms with Gasteiger partial charge in [-0.15, -0.1) is 0 Å². The van der Waals surface area contributed by atoms with Crippen LogP contribution in [-0.4, -0.2) is 69.8 Å². The maximum absolute atomic E-state index is 9.62. The summed E-state index contributed by atoms with van der Waals surface area (Å²) in [6.07, 6.45) is -6.08. The summed E-state index contributed by atoms with van der Waals surface area (Å²) < 4.78 is 5.15. The Kier molecular flexibility index (Phi) is 5.46. The van der Waals surface area contributed by atoms with Crippen LogP contribution in [0.2, 0.25) is 0 Å². The number of nitrogens with one attached hydrogen (secondary N) is 3. The minimum absolute atomic E-state index is 0.266. The second kappa shape index (κ2) is 6.40. The lowest BCUT2D eigenvalue weighted by Crippen LogP contribution is -2.65. The van der Waals surface area contributed by atoms with Crippen LogP contribution in [0.25, 0.3) is 0 Å². The summed E-state index contributed by atoms with van der Waals surface area (Å²) in [5.41, 5.74) is 5.05. The van der Waals surface area contributed by atoms with Crippen molar-refractivity contribution in [2.24, 2.45) is 0 Å². The SMILES string of the molecule is CNC(=S)NN[C@@H]1O[C@H](CO)[C@@H](O)[C@H](O)[C@H]1O. The molecule has 0 aromatic carbocycles. The Morgan fingerprint density at radius 3 is 2.41 bits per heavy atom. The number of aliphatic hydroxyl groups is 4. The molecule has 1 saturated heterocycles. The van der Waals surface area contributed by atoms with Gasteiger partial charge in [-0.3, -0.25) is 5.43 Å². The molecule has 0 radical (unpaired) electrons. The lowest BCUT2D eigenvalue weighted by Gasteiger charge is -2.40. The second-order valence-electron chi connectivity index (χ2n) is 3.60. The van der Waals surface area contributed by atoms with Crippen molar-refractivity contribution in [2.45, 2.75) is 30.6 Å². The molecule has 0 saturated carbocycles. The average molecular weight is 267 g/mol. The summed E-state index contributed by atoms with van der Waals surface area (Å²) >= 11 is 4.79. The van der Waals surface area contributed by atoms with Gasteiger partial charge in [0.1, 0.15) is 24.4 Å². The third kappa shape index (κ3) is 3.45. The fourth-order valence-corrected chi connectivity index (χ4v) is 1.48. The van der Waals surface area contributed by atoms with E-state index in [1.54, 1.807) is 7.05 Å². The molecule has 0 amide bonds. The number of ether oxygens (including phenoxy) is 1. The Balaban J connectivity index is 2.56. The number of hydrogen-bond acceptors (Lipinski definition) is 7. The third-order valence-corrected chi connectivity index (χ3v) is 2.75. The molecule has 0 spiro atoms. The summed E-state index contributed by atoms with van der Waals surface area (Å²) in [7, 11) is 1.60. The fourth-order valence-electron chi connectivity index (χ4n) is 1.42. The zero-order chi connectivity index (χ0) is 13.0. The number of aliphatic hydroxyl groups excluding tert-OH is 4. The van der Waals surface area contributed by atoms with E-state index in [4.69, 9.17) is 22.1 Å². The van der Waals surface area contributed by atoms with Gasteiger partial charge in [-0.2, -0.15) is 0 Å². The van der Waals surface area contributed by atoms with Crippen LogP contribution < -0.4 is 16.2 Å². The van der Waals surface area contributed by atoms with Crippen molar-refractivity contribution < 1.29 is 25.2 Å². The molecule has 8 nitrogen and oxygen atoms in total. The molecule has 0 aromatic heterocycles. The summed E-state index contributed by atoms with van der Waals surface area (Å²) in [6, 6.07) is 0. The van der Waals surface area contributed by atoms with Crippen molar-refractivity contribution in [3.8, 4) is 0 Å². The summed E-state index contributed by atoms with van der Waals surface area (Å²) in [5, 5.41) is 40.5. The first-order valence-corrected chi connectivity index (χ1v) is 5.45. The van der Waals surface area contributed by atoms with Gasteiger partial charge in [0.15, 0.2) is 11.3 Å². The Labute approximate surface area is 104 Å². The largest absolute Gasteiger partial charge is 0.394 e. The van der Waals surface area contributed by atoms with Crippen LogP contribution in [0.15, 0.2) is 0 Å². The van der Waals surface area contributed by atoms with Crippen molar-refractivity contribution in [2.75, 3.05) is 13.7 Å². The second-order valence-corrected chi connectivity index (χ2v) is 4.01. The van der Waals surface area contributed by atoms with Crippen LogP contribution in [0.3, 0.4) is 0 Å². The zero-order valence-corrected chi connectivity index (χ0v) is 10.0. The molecule has 1 rings (SSSR count). The minimum atomic E-state index is -1.41. The van der Waals surface area contributed by atoms with E-state index in [2.05, 4.69) is 16.2 Å². The average Bonchev–Trinajstić information content (AvgIpc) is 2.34. The molecule has 0 unspecified atom stereocenters. The van der Waals surface area contributed by atoms with Crippen LogP contribution >= 0.6 is 12.2 Å². The van der Waals surface area contributed by atoms with Crippen LogP contribution in [0.4, 0.5) is 0 Å². The molecule has 100 valence electrons. The van der Waals surface area contributed by atoms with Gasteiger partial charge in [0.25, 0.3) is 0 Å². The van der Waals surface area contributed by atoms with Crippen LogP contribution in [-0.2, 0) is 4.74 Å². The zero-order valence-electron chi connectivity index (χ0n) is 9.20. The molecule has 0 bridgehead atoms. The molecule has 0 aliphatic carbocycles. The van der Waals surface area contributed by atoms with Gasteiger partial charge < -0.3 is 30.5 Å². The molecule has 7 N–H and O–H groups in total. The molecule has 5 atom stereocenters. The van der Waals surface area contributed by atoms with Crippen molar-refractivity contribution in [1.29, 1.82) is 0 Å². The van der Waals surface area contributed by atoms with E-state index in [9.17, 15) is 15.3 Å². The van der Waals surface area contributed by atoms with E-state index in [1.165, 1.54) is 0 Å². The monoisotopic (exact) mass is 267 g/mol. The van der Waals surface area contributed by atoms with Gasteiger partial charge in [0.2, 0.25) is 0 Å². The van der Waals surface area contributed by atoms with E-state index in [0.717, 1.165) is 0 Å². The van der Waals surface area contributed by atoms with Crippen molar-refractivity contribution in [3.05, 3.63) is 0 Å². The molecule has 1 fully saturated rings. The number of hydrazine groups is 1. The number of thiocarbonyl (C=S) groups is 1. The predicted octanol–water partition coefficient (Wildman–Crippen LogP) is -3.62. The van der Waals surface area contributed by atoms with Gasteiger partial charge >= 0.3 is 0 Å². The fraction of sp³-hybridized carbons (Fsp3) is 0.875. The summed E-state index contributed by atoms with van der Waals surface area (Å²) in [5.74, 6) is 0. The summed E-state index contributed by atoms with van der Waals surface area (Å²) in [4.78, 5) is 0. The quantitative estimate of drug-likeness (QED) is 0.205. The van der Waals surface area contributed by atoms with Crippen LogP contribution in [0.5, 0.6) is 0 Å². The van der Waals surface area contributed by atoms with E-state index in [0.29, 0.717) is 0 Å². The normalized spacial score (nSPS) is 37.6. The topological polar surface area (TPSA) is 126 Å². The highest BCUT2D eigenvalue weighted by Gasteiger charge is 2.43. The molecular formula is C8H17N3O5S. The molecule has 1 aliphatic heterocycles.